The number of rotatable bonds is 7. The fraction of sp³-hybridized carbons (Fsp3) is 0.667. The largest absolute Gasteiger partial charge is 0.0843 e. The first-order valence-electron chi connectivity index (χ1n) is 7.74. The van der Waals surface area contributed by atoms with Gasteiger partial charge in [0.2, 0.25) is 0 Å². The molecule has 0 N–H and O–H groups in total. The van der Waals surface area contributed by atoms with Crippen molar-refractivity contribution in [3.8, 4) is 0 Å². The Morgan fingerprint density at radius 3 is 2.11 bits per heavy atom. The molecule has 0 radical (unpaired) electrons. The van der Waals surface area contributed by atoms with Crippen molar-refractivity contribution in [3.05, 3.63) is 33.8 Å². The van der Waals surface area contributed by atoms with Crippen molar-refractivity contribution >= 4 is 11.6 Å². The van der Waals surface area contributed by atoms with Crippen LogP contribution >= 0.6 is 11.6 Å². The summed E-state index contributed by atoms with van der Waals surface area (Å²) in [4.78, 5) is 0. The molecular formula is C18H29Cl. The molecule has 2 atom stereocenters. The zero-order valence-corrected chi connectivity index (χ0v) is 14.0. The van der Waals surface area contributed by atoms with E-state index in [4.69, 9.17) is 11.6 Å². The molecule has 2 unspecified atom stereocenters. The van der Waals surface area contributed by atoms with Crippen LogP contribution < -0.4 is 0 Å². The van der Waals surface area contributed by atoms with Gasteiger partial charge in [0.25, 0.3) is 0 Å². The van der Waals surface area contributed by atoms with Crippen molar-refractivity contribution in [2.24, 2.45) is 5.92 Å². The Bertz CT molecular complexity index is 372. The second-order valence-corrected chi connectivity index (χ2v) is 6.50. The van der Waals surface area contributed by atoms with Gasteiger partial charge in [-0.2, -0.15) is 0 Å². The smallest absolute Gasteiger partial charge is 0.0411 e. The van der Waals surface area contributed by atoms with E-state index >= 15 is 0 Å². The number of unbranched alkanes of at least 4 members (excludes halogenated alkanes) is 3. The van der Waals surface area contributed by atoms with Crippen LogP contribution in [0.3, 0.4) is 0 Å². The normalized spacial score (nSPS) is 14.4. The highest BCUT2D eigenvalue weighted by Crippen LogP contribution is 2.33. The van der Waals surface area contributed by atoms with Gasteiger partial charge < -0.3 is 0 Å². The van der Waals surface area contributed by atoms with E-state index in [1.165, 1.54) is 48.8 Å². The molecule has 1 rings (SSSR count). The van der Waals surface area contributed by atoms with Gasteiger partial charge in [-0.1, -0.05) is 64.5 Å². The molecule has 0 aliphatic heterocycles. The Labute approximate surface area is 124 Å². The van der Waals surface area contributed by atoms with Crippen LogP contribution in [0.4, 0.5) is 0 Å². The summed E-state index contributed by atoms with van der Waals surface area (Å²) < 4.78 is 0. The summed E-state index contributed by atoms with van der Waals surface area (Å²) in [6.45, 7) is 11.4. The minimum atomic E-state index is 0.624. The molecule has 108 valence electrons. The molecule has 0 bridgehead atoms. The number of halogens is 1. The maximum absolute atomic E-state index is 6.12. The third-order valence-corrected chi connectivity index (χ3v) is 4.60. The van der Waals surface area contributed by atoms with Gasteiger partial charge in [0.15, 0.2) is 0 Å². The molecule has 0 spiro atoms. The van der Waals surface area contributed by atoms with E-state index in [1.807, 2.05) is 0 Å². The zero-order chi connectivity index (χ0) is 14.4. The van der Waals surface area contributed by atoms with Crippen LogP contribution in [0.2, 0.25) is 5.02 Å². The van der Waals surface area contributed by atoms with Gasteiger partial charge in [0, 0.05) is 5.02 Å². The quantitative estimate of drug-likeness (QED) is 0.489. The lowest BCUT2D eigenvalue weighted by Crippen LogP contribution is -2.09. The molecule has 1 aromatic rings. The molecule has 0 saturated heterocycles. The van der Waals surface area contributed by atoms with Crippen LogP contribution in [-0.4, -0.2) is 0 Å². The summed E-state index contributed by atoms with van der Waals surface area (Å²) in [7, 11) is 0. The van der Waals surface area contributed by atoms with Crippen molar-refractivity contribution in [1.82, 2.24) is 0 Å². The Hall–Kier alpha value is -0.490. The molecule has 1 aromatic carbocycles. The van der Waals surface area contributed by atoms with E-state index in [0.717, 1.165) is 10.9 Å². The SMILES string of the molecule is CCCCCCC(C)C(C)c1c(C)cc(Cl)cc1C. The van der Waals surface area contributed by atoms with Gasteiger partial charge >= 0.3 is 0 Å². The monoisotopic (exact) mass is 280 g/mol. The highest BCUT2D eigenvalue weighted by molar-refractivity contribution is 6.30. The number of hydrogen-bond acceptors (Lipinski definition) is 0. The maximum Gasteiger partial charge on any atom is 0.0411 e. The standard InChI is InChI=1S/C18H29Cl/c1-6-7-8-9-10-13(2)16(5)18-14(3)11-17(19)12-15(18)4/h11-13,16H,6-10H2,1-5H3. The Morgan fingerprint density at radius 2 is 1.58 bits per heavy atom. The van der Waals surface area contributed by atoms with Crippen LogP contribution in [0.25, 0.3) is 0 Å². The average molecular weight is 281 g/mol. The molecule has 0 amide bonds. The third kappa shape index (κ3) is 4.84. The topological polar surface area (TPSA) is 0 Å². The first-order chi connectivity index (χ1) is 8.97. The van der Waals surface area contributed by atoms with Crippen molar-refractivity contribution in [3.63, 3.8) is 0 Å². The van der Waals surface area contributed by atoms with E-state index in [-0.39, 0.29) is 0 Å². The lowest BCUT2D eigenvalue weighted by Gasteiger charge is -2.24. The molecular weight excluding hydrogens is 252 g/mol. The Kier molecular flexibility index (Phi) is 6.93. The summed E-state index contributed by atoms with van der Waals surface area (Å²) in [5, 5.41) is 0.863. The first-order valence-corrected chi connectivity index (χ1v) is 8.11. The Morgan fingerprint density at radius 1 is 1.00 bits per heavy atom. The van der Waals surface area contributed by atoms with Crippen LogP contribution in [0.1, 0.15) is 75.5 Å². The fourth-order valence-electron chi connectivity index (χ4n) is 3.07. The van der Waals surface area contributed by atoms with Crippen LogP contribution in [0.15, 0.2) is 12.1 Å². The van der Waals surface area contributed by atoms with Crippen LogP contribution in [-0.2, 0) is 0 Å². The molecule has 0 saturated carbocycles. The number of benzene rings is 1. The highest BCUT2D eigenvalue weighted by Gasteiger charge is 2.18. The van der Waals surface area contributed by atoms with Gasteiger partial charge in [-0.05, 0) is 54.5 Å². The summed E-state index contributed by atoms with van der Waals surface area (Å²) in [5.41, 5.74) is 4.20. The molecule has 0 aromatic heterocycles. The number of hydrogen-bond donors (Lipinski definition) is 0. The minimum absolute atomic E-state index is 0.624. The van der Waals surface area contributed by atoms with E-state index in [9.17, 15) is 0 Å². The van der Waals surface area contributed by atoms with Gasteiger partial charge in [0.1, 0.15) is 0 Å². The van der Waals surface area contributed by atoms with Gasteiger partial charge in [-0.15, -0.1) is 0 Å². The third-order valence-electron chi connectivity index (χ3n) is 4.38. The molecule has 0 aliphatic carbocycles. The summed E-state index contributed by atoms with van der Waals surface area (Å²) in [5.74, 6) is 1.37. The van der Waals surface area contributed by atoms with E-state index in [2.05, 4.69) is 46.8 Å². The second-order valence-electron chi connectivity index (χ2n) is 6.07. The van der Waals surface area contributed by atoms with Crippen molar-refractivity contribution in [1.29, 1.82) is 0 Å². The van der Waals surface area contributed by atoms with Gasteiger partial charge in [-0.3, -0.25) is 0 Å². The predicted octanol–water partition coefficient (Wildman–Crippen LogP) is 6.67. The van der Waals surface area contributed by atoms with Gasteiger partial charge in [-0.25, -0.2) is 0 Å². The minimum Gasteiger partial charge on any atom is -0.0843 e. The maximum atomic E-state index is 6.12. The zero-order valence-electron chi connectivity index (χ0n) is 13.2. The predicted molar refractivity (Wildman–Crippen MR) is 87.3 cm³/mol. The molecule has 1 heteroatoms. The average Bonchev–Trinajstić information content (AvgIpc) is 2.33. The molecule has 0 nitrogen and oxygen atoms in total. The van der Waals surface area contributed by atoms with Crippen molar-refractivity contribution in [2.45, 2.75) is 72.6 Å². The van der Waals surface area contributed by atoms with Crippen molar-refractivity contribution in [2.75, 3.05) is 0 Å². The second kappa shape index (κ2) is 7.94. The number of aryl methyl sites for hydroxylation is 2. The van der Waals surface area contributed by atoms with Crippen LogP contribution in [0, 0.1) is 19.8 Å². The summed E-state index contributed by atoms with van der Waals surface area (Å²) in [6.07, 6.45) is 6.78. The summed E-state index contributed by atoms with van der Waals surface area (Å²) >= 11 is 6.12. The molecule has 19 heavy (non-hydrogen) atoms. The van der Waals surface area contributed by atoms with E-state index < -0.39 is 0 Å². The first kappa shape index (κ1) is 16.6. The molecule has 0 heterocycles. The molecule has 0 fully saturated rings. The van der Waals surface area contributed by atoms with Gasteiger partial charge in [0.05, 0.1) is 0 Å². The fourth-order valence-corrected chi connectivity index (χ4v) is 3.40. The lowest BCUT2D eigenvalue weighted by atomic mass is 9.81. The van der Waals surface area contributed by atoms with Crippen LogP contribution in [0.5, 0.6) is 0 Å². The van der Waals surface area contributed by atoms with E-state index in [1.54, 1.807) is 0 Å². The lowest BCUT2D eigenvalue weighted by molar-refractivity contribution is 0.426. The van der Waals surface area contributed by atoms with E-state index in [0.29, 0.717) is 5.92 Å². The summed E-state index contributed by atoms with van der Waals surface area (Å²) in [6, 6.07) is 4.20. The Balaban J connectivity index is 2.69. The van der Waals surface area contributed by atoms with Crippen molar-refractivity contribution < 1.29 is 0 Å². The highest BCUT2D eigenvalue weighted by atomic mass is 35.5. The molecule has 0 aliphatic rings.